The van der Waals surface area contributed by atoms with E-state index in [0.29, 0.717) is 23.3 Å². The third kappa shape index (κ3) is 30.8. The molecule has 0 aliphatic rings. The number of halogens is 6. The normalized spacial score (nSPS) is 9.84. The van der Waals surface area contributed by atoms with E-state index >= 15 is 0 Å². The molecule has 6 heterocycles. The van der Waals surface area contributed by atoms with Crippen molar-refractivity contribution in [3.8, 4) is 0 Å². The Hall–Kier alpha value is -7.96. The van der Waals surface area contributed by atoms with Gasteiger partial charge in [-0.25, -0.2) is 13.2 Å². The summed E-state index contributed by atoms with van der Waals surface area (Å²) in [5.41, 5.74) is 22.5. The summed E-state index contributed by atoms with van der Waals surface area (Å²) in [4.78, 5) is 17.5. The summed E-state index contributed by atoms with van der Waals surface area (Å²) >= 11 is 1.80. The van der Waals surface area contributed by atoms with Crippen LogP contribution >= 0.6 is 11.3 Å². The Kier molecular flexibility index (Phi) is 35.1. The van der Waals surface area contributed by atoms with E-state index in [1.807, 2.05) is 95.2 Å². The van der Waals surface area contributed by atoms with E-state index in [9.17, 15) is 26.3 Å². The lowest BCUT2D eigenvalue weighted by Gasteiger charge is -2.11. The minimum absolute atomic E-state index is 0.151. The molecule has 0 saturated heterocycles. The Morgan fingerprint density at radius 2 is 0.828 bits per heavy atom. The number of aromatic nitrogens is 4. The number of thiophene rings is 1. The SMILES string of the molecule is Cc1c(F)cc(F)cc1F.Cc1cc(C)c(C)c(C)c1.Cc1ccc(C)c(C)c1.Cc1cccc(C(F)(F)F)c1C.Cc1cccnc1C.Cc1cccnc1C.Cc1ccncc1C.Cc1ccncc1C.Cc1ccoc1C.Cc1ccsc1C. The van der Waals surface area contributed by atoms with Gasteiger partial charge >= 0.3 is 6.18 Å². The molecule has 0 fully saturated rings. The molecule has 12 heteroatoms. The van der Waals surface area contributed by atoms with Gasteiger partial charge in [0.2, 0.25) is 0 Å². The van der Waals surface area contributed by atoms with Gasteiger partial charge in [0, 0.05) is 71.1 Å². The second-order valence-electron chi connectivity index (χ2n) is 21.4. The van der Waals surface area contributed by atoms with Crippen LogP contribution in [0.4, 0.5) is 26.3 Å². The highest BCUT2D eigenvalue weighted by molar-refractivity contribution is 7.10. The number of furan rings is 1. The van der Waals surface area contributed by atoms with Crippen molar-refractivity contribution in [1.82, 2.24) is 19.9 Å². The minimum atomic E-state index is -4.23. The maximum Gasteiger partial charge on any atom is 0.416 e. The van der Waals surface area contributed by atoms with Crippen LogP contribution in [0.25, 0.3) is 0 Å². The predicted octanol–water partition coefficient (Wildman–Crippen LogP) is 22.3. The molecular formula is C75H92F6N4OS. The molecule has 0 N–H and O–H groups in total. The summed E-state index contributed by atoms with van der Waals surface area (Å²) in [6.07, 6.45) is 8.45. The first-order valence-corrected chi connectivity index (χ1v) is 29.4. The van der Waals surface area contributed by atoms with Crippen molar-refractivity contribution < 1.29 is 30.8 Å². The number of hydrogen-bond acceptors (Lipinski definition) is 6. The van der Waals surface area contributed by atoms with Gasteiger partial charge in [0.05, 0.1) is 11.8 Å². The molecule has 0 aliphatic carbocycles. The maximum atomic E-state index is 12.4. The molecule has 0 bridgehead atoms. The zero-order valence-corrected chi connectivity index (χ0v) is 56.2. The molecule has 5 nitrogen and oxygen atoms in total. The summed E-state index contributed by atoms with van der Waals surface area (Å²) in [6.45, 7) is 44.1. The number of pyridine rings is 4. The molecular weight excluding hydrogens is 1120 g/mol. The second kappa shape index (κ2) is 39.7. The van der Waals surface area contributed by atoms with Crippen LogP contribution in [0.1, 0.15) is 128 Å². The summed E-state index contributed by atoms with van der Waals surface area (Å²) in [5, 5.41) is 2.12. The molecule has 6 aromatic heterocycles. The van der Waals surface area contributed by atoms with Crippen LogP contribution in [0.2, 0.25) is 0 Å². The molecule has 4 aromatic carbocycles. The van der Waals surface area contributed by atoms with Gasteiger partial charge in [-0.3, -0.25) is 19.9 Å². The van der Waals surface area contributed by atoms with E-state index in [0.717, 1.165) is 23.2 Å². The Labute approximate surface area is 521 Å². The van der Waals surface area contributed by atoms with Crippen molar-refractivity contribution in [3.05, 3.63) is 303 Å². The first-order chi connectivity index (χ1) is 40.7. The Morgan fingerprint density at radius 3 is 1.11 bits per heavy atom. The van der Waals surface area contributed by atoms with Crippen LogP contribution in [0.15, 0.2) is 162 Å². The largest absolute Gasteiger partial charge is 0.469 e. The summed E-state index contributed by atoms with van der Waals surface area (Å²) in [5.74, 6) is -1.57. The smallest absolute Gasteiger partial charge is 0.416 e. The van der Waals surface area contributed by atoms with Crippen LogP contribution < -0.4 is 0 Å². The lowest BCUT2D eigenvalue weighted by molar-refractivity contribution is -0.138. The van der Waals surface area contributed by atoms with Crippen molar-refractivity contribution in [2.24, 2.45) is 0 Å². The van der Waals surface area contributed by atoms with Gasteiger partial charge < -0.3 is 4.42 Å². The summed E-state index contributed by atoms with van der Waals surface area (Å²) in [6, 6.07) is 32.6. The average Bonchev–Trinajstić information content (AvgIpc) is 3.05. The first-order valence-electron chi connectivity index (χ1n) is 28.5. The van der Waals surface area contributed by atoms with Crippen molar-refractivity contribution in [2.75, 3.05) is 0 Å². The number of nitrogens with zero attached hydrogens (tertiary/aromatic N) is 4. The highest BCUT2D eigenvalue weighted by atomic mass is 32.1. The number of aryl methyl sites for hydroxylation is 19. The van der Waals surface area contributed by atoms with Crippen molar-refractivity contribution in [1.29, 1.82) is 0 Å². The quantitative estimate of drug-likeness (QED) is 0.142. The van der Waals surface area contributed by atoms with Crippen molar-refractivity contribution in [3.63, 3.8) is 0 Å². The molecule has 0 unspecified atom stereocenters. The predicted molar refractivity (Wildman–Crippen MR) is 355 cm³/mol. The highest BCUT2D eigenvalue weighted by Crippen LogP contribution is 2.32. The van der Waals surface area contributed by atoms with E-state index in [1.165, 1.54) is 108 Å². The van der Waals surface area contributed by atoms with Gasteiger partial charge in [-0.1, -0.05) is 65.7 Å². The molecule has 466 valence electrons. The van der Waals surface area contributed by atoms with Crippen LogP contribution in [-0.2, 0) is 6.18 Å². The topological polar surface area (TPSA) is 64.7 Å². The highest BCUT2D eigenvalue weighted by Gasteiger charge is 2.32. The first kappa shape index (κ1) is 77.1. The fourth-order valence-electron chi connectivity index (χ4n) is 6.93. The van der Waals surface area contributed by atoms with E-state index in [2.05, 4.69) is 178 Å². The second-order valence-corrected chi connectivity index (χ2v) is 22.5. The van der Waals surface area contributed by atoms with E-state index in [1.54, 1.807) is 30.6 Å². The van der Waals surface area contributed by atoms with E-state index < -0.39 is 29.2 Å². The standard InChI is InChI=1S/C10H14.C9H9F3.C9H12.C7H5F3.4C7H9N.C6H8O.C6H8S/c1-7-5-8(2)10(4)9(3)6-7;1-6-4-3-5-8(7(6)2)9(10,11)12;1-7-4-5-8(2)9(3)6-7;1-4-6(9)2-5(8)3-7(4)10;2*1-6-3-4-8-5-7(6)2;2*1-6-4-3-5-8-7(6)2;2*1-5-3-4-7-6(5)2/h5-6H,1-4H3;3-5H,1-2H3;4-6H,1-3H3;2-3H,1H3;4*3-5H,1-2H3;2*3-4H,1-2H3. The number of hydrogen-bond donors (Lipinski definition) is 0. The third-order valence-corrected chi connectivity index (χ3v) is 15.2. The van der Waals surface area contributed by atoms with Gasteiger partial charge in [0.1, 0.15) is 23.2 Å². The summed E-state index contributed by atoms with van der Waals surface area (Å²) < 4.78 is 78.5. The van der Waals surface area contributed by atoms with Gasteiger partial charge in [-0.2, -0.15) is 13.2 Å². The van der Waals surface area contributed by atoms with Crippen molar-refractivity contribution >= 4 is 11.3 Å². The lowest BCUT2D eigenvalue weighted by atomic mass is 10.0. The minimum Gasteiger partial charge on any atom is -0.469 e. The van der Waals surface area contributed by atoms with E-state index in [4.69, 9.17) is 4.42 Å². The molecule has 10 rings (SSSR count). The zero-order valence-electron chi connectivity index (χ0n) is 55.4. The van der Waals surface area contributed by atoms with Gasteiger partial charge in [0.25, 0.3) is 0 Å². The number of rotatable bonds is 0. The van der Waals surface area contributed by atoms with Crippen molar-refractivity contribution in [2.45, 2.75) is 158 Å². The Balaban J connectivity index is 0.000000485. The molecule has 10 aromatic rings. The van der Waals surface area contributed by atoms with Crippen LogP contribution in [-0.4, -0.2) is 19.9 Å². The number of alkyl halides is 3. The fourth-order valence-corrected chi connectivity index (χ4v) is 7.66. The van der Waals surface area contributed by atoms with Gasteiger partial charge in [-0.15, -0.1) is 11.3 Å². The maximum absolute atomic E-state index is 12.4. The lowest BCUT2D eigenvalue weighted by Crippen LogP contribution is -2.07. The Bertz CT molecular complexity index is 3190. The number of benzene rings is 4. The summed E-state index contributed by atoms with van der Waals surface area (Å²) in [7, 11) is 0. The molecule has 0 saturated carbocycles. The molecule has 0 atom stereocenters. The fraction of sp³-hybridized carbons (Fsp3) is 0.307. The molecule has 0 aliphatic heterocycles. The molecule has 87 heavy (non-hydrogen) atoms. The molecule has 0 radical (unpaired) electrons. The van der Waals surface area contributed by atoms with Gasteiger partial charge in [-0.05, 0) is 284 Å². The van der Waals surface area contributed by atoms with Gasteiger partial charge in [0.15, 0.2) is 0 Å². The third-order valence-electron chi connectivity index (χ3n) is 14.3. The molecule has 0 spiro atoms. The van der Waals surface area contributed by atoms with Crippen LogP contribution in [0.5, 0.6) is 0 Å². The molecule has 0 amide bonds. The Morgan fingerprint density at radius 1 is 0.368 bits per heavy atom. The van der Waals surface area contributed by atoms with E-state index in [-0.39, 0.29) is 5.56 Å². The zero-order chi connectivity index (χ0) is 66.1. The van der Waals surface area contributed by atoms with Crippen LogP contribution in [0.3, 0.4) is 0 Å². The average molecular weight is 1210 g/mol. The monoisotopic (exact) mass is 1210 g/mol. The van der Waals surface area contributed by atoms with Crippen LogP contribution in [0, 0.1) is 170 Å².